The van der Waals surface area contributed by atoms with Gasteiger partial charge in [0.2, 0.25) is 0 Å². The van der Waals surface area contributed by atoms with Crippen molar-refractivity contribution in [3.63, 3.8) is 0 Å². The maximum atomic E-state index is 13.2. The Morgan fingerprint density at radius 2 is 2.09 bits per heavy atom. The molecule has 188 valence electrons. The molecule has 2 aromatic rings. The second kappa shape index (κ2) is 9.92. The van der Waals surface area contributed by atoms with Crippen LogP contribution in [-0.2, 0) is 0 Å². The Balaban J connectivity index is 1.53. The summed E-state index contributed by atoms with van der Waals surface area (Å²) in [6.45, 7) is -0.934. The quantitative estimate of drug-likeness (QED) is 0.447. The lowest BCUT2D eigenvalue weighted by molar-refractivity contribution is -0.123. The van der Waals surface area contributed by atoms with Gasteiger partial charge in [-0.2, -0.15) is 13.2 Å². The van der Waals surface area contributed by atoms with Gasteiger partial charge in [-0.15, -0.1) is 0 Å². The first-order chi connectivity index (χ1) is 16.6. The van der Waals surface area contributed by atoms with Crippen LogP contribution in [0.1, 0.15) is 16.9 Å². The van der Waals surface area contributed by atoms with Gasteiger partial charge in [0.25, 0.3) is 5.91 Å². The number of rotatable bonds is 7. The lowest BCUT2D eigenvalue weighted by Gasteiger charge is -2.35. The van der Waals surface area contributed by atoms with Crippen LogP contribution in [0.4, 0.5) is 35.3 Å². The summed E-state index contributed by atoms with van der Waals surface area (Å²) in [4.78, 5) is 37.1. The van der Waals surface area contributed by atoms with Crippen LogP contribution >= 0.6 is 0 Å². The summed E-state index contributed by atoms with van der Waals surface area (Å²) in [5, 5.41) is 22.8. The number of hydrogen-bond donors (Lipinski definition) is 4. The van der Waals surface area contributed by atoms with Crippen LogP contribution in [0.25, 0.3) is 0 Å². The minimum Gasteiger partial charge on any atom is -0.491 e. The van der Waals surface area contributed by atoms with E-state index >= 15 is 0 Å². The number of carbonyl (C=O) groups excluding carboxylic acids is 2. The molecule has 11 nitrogen and oxygen atoms in total. The number of aliphatic hydroxyl groups is 2. The third-order valence-corrected chi connectivity index (χ3v) is 5.47. The number of nitrogens with zero attached hydrogens (tertiary/aromatic N) is 4. The Bertz CT molecular complexity index is 1100. The van der Waals surface area contributed by atoms with Crippen molar-refractivity contribution in [3.8, 4) is 5.75 Å². The number of urea groups is 1. The zero-order valence-corrected chi connectivity index (χ0v) is 18.3. The van der Waals surface area contributed by atoms with Crippen molar-refractivity contribution < 1.29 is 37.7 Å². The van der Waals surface area contributed by atoms with Crippen LogP contribution < -0.4 is 25.2 Å². The van der Waals surface area contributed by atoms with E-state index in [-0.39, 0.29) is 30.0 Å². The molecule has 0 aromatic carbocycles. The fourth-order valence-corrected chi connectivity index (χ4v) is 3.85. The fourth-order valence-electron chi connectivity index (χ4n) is 3.85. The largest absolute Gasteiger partial charge is 0.491 e. The van der Waals surface area contributed by atoms with Gasteiger partial charge in [-0.1, -0.05) is 0 Å². The van der Waals surface area contributed by atoms with E-state index in [4.69, 9.17) is 9.84 Å². The highest BCUT2D eigenvalue weighted by molar-refractivity contribution is 6.05. The summed E-state index contributed by atoms with van der Waals surface area (Å²) >= 11 is 0. The molecule has 35 heavy (non-hydrogen) atoms. The van der Waals surface area contributed by atoms with E-state index in [2.05, 4.69) is 15.3 Å². The predicted molar refractivity (Wildman–Crippen MR) is 118 cm³/mol. The van der Waals surface area contributed by atoms with Crippen molar-refractivity contribution in [2.45, 2.75) is 24.7 Å². The molecule has 2 aliphatic rings. The van der Waals surface area contributed by atoms with Crippen LogP contribution in [0, 0.1) is 0 Å². The number of aliphatic hydroxyl groups excluding tert-OH is 2. The molecule has 1 fully saturated rings. The van der Waals surface area contributed by atoms with Gasteiger partial charge in [0.15, 0.2) is 5.82 Å². The summed E-state index contributed by atoms with van der Waals surface area (Å²) in [5.41, 5.74) is 0.341. The molecule has 4 heterocycles. The van der Waals surface area contributed by atoms with Crippen LogP contribution in [-0.4, -0.2) is 83.3 Å². The minimum atomic E-state index is -4.57. The van der Waals surface area contributed by atoms with Crippen LogP contribution in [0.3, 0.4) is 0 Å². The Kier molecular flexibility index (Phi) is 6.93. The van der Waals surface area contributed by atoms with E-state index in [9.17, 15) is 27.9 Å². The minimum absolute atomic E-state index is 0.145. The number of pyridine rings is 2. The van der Waals surface area contributed by atoms with E-state index in [1.165, 1.54) is 29.3 Å². The summed E-state index contributed by atoms with van der Waals surface area (Å²) < 4.78 is 42.8. The van der Waals surface area contributed by atoms with Crippen molar-refractivity contribution in [1.29, 1.82) is 0 Å². The van der Waals surface area contributed by atoms with Gasteiger partial charge in [0.1, 0.15) is 36.5 Å². The van der Waals surface area contributed by atoms with Gasteiger partial charge < -0.3 is 25.2 Å². The molecule has 3 amide bonds. The second-order valence-electron chi connectivity index (χ2n) is 8.05. The Labute approximate surface area is 197 Å². The van der Waals surface area contributed by atoms with E-state index in [0.717, 1.165) is 0 Å². The molecule has 4 N–H and O–H groups in total. The normalized spacial score (nSPS) is 17.6. The maximum Gasteiger partial charge on any atom is 0.405 e. The molecular formula is C21H23F3N6O5. The van der Waals surface area contributed by atoms with Crippen molar-refractivity contribution in [3.05, 3.63) is 36.2 Å². The van der Waals surface area contributed by atoms with E-state index in [0.29, 0.717) is 30.9 Å². The number of ether oxygens (including phenoxy) is 1. The highest BCUT2D eigenvalue weighted by Crippen LogP contribution is 2.39. The van der Waals surface area contributed by atoms with Gasteiger partial charge in [-0.25, -0.2) is 14.8 Å². The third-order valence-electron chi connectivity index (χ3n) is 5.47. The van der Waals surface area contributed by atoms with Crippen molar-refractivity contribution in [2.75, 3.05) is 48.0 Å². The first kappa shape index (κ1) is 24.5. The molecule has 0 aliphatic carbocycles. The monoisotopic (exact) mass is 496 g/mol. The second-order valence-corrected chi connectivity index (χ2v) is 8.05. The van der Waals surface area contributed by atoms with E-state index in [1.54, 1.807) is 11.4 Å². The molecule has 1 saturated heterocycles. The van der Waals surface area contributed by atoms with Crippen LogP contribution in [0.15, 0.2) is 30.5 Å². The van der Waals surface area contributed by atoms with E-state index in [1.807, 2.05) is 4.90 Å². The molecule has 2 aromatic heterocycles. The SMILES string of the molecule is O=C(NCC(F)(F)F)c1ccc2c(n1)N(C(=O)Nc1cc(OC[C@H](O)CO)ccn1)C1CCN2C1. The smallest absolute Gasteiger partial charge is 0.405 e. The lowest BCUT2D eigenvalue weighted by Crippen LogP contribution is -2.48. The summed E-state index contributed by atoms with van der Waals surface area (Å²) in [7, 11) is 0. The maximum absolute atomic E-state index is 13.2. The number of aromatic nitrogens is 2. The molecule has 1 unspecified atom stereocenters. The molecule has 2 aliphatic heterocycles. The lowest BCUT2D eigenvalue weighted by atomic mass is 10.1. The zero-order valence-electron chi connectivity index (χ0n) is 18.3. The number of amides is 3. The highest BCUT2D eigenvalue weighted by Gasteiger charge is 2.40. The first-order valence-corrected chi connectivity index (χ1v) is 10.7. The molecule has 4 rings (SSSR count). The average Bonchev–Trinajstić information content (AvgIpc) is 3.24. The molecule has 0 radical (unpaired) electrons. The molecule has 0 spiro atoms. The molecular weight excluding hydrogens is 473 g/mol. The number of alkyl halides is 3. The van der Waals surface area contributed by atoms with Crippen LogP contribution in [0.5, 0.6) is 5.75 Å². The standard InChI is InChI=1S/C21H23F3N6O5/c22-21(23,24)11-26-19(33)15-1-2-16-18(27-15)30(12-4-6-29(16)8-12)20(34)28-17-7-14(3-5-25-17)35-10-13(32)9-31/h1-3,5,7,12-13,31-32H,4,6,8-11H2,(H,26,33)(H,25,28,34)/t12?,13-/m1/s1. The Hall–Kier alpha value is -3.65. The molecule has 0 saturated carbocycles. The van der Waals surface area contributed by atoms with Gasteiger partial charge in [0, 0.05) is 25.4 Å². The number of halogens is 3. The van der Waals surface area contributed by atoms with Crippen LogP contribution in [0.2, 0.25) is 0 Å². The number of nitrogens with one attached hydrogen (secondary N) is 2. The first-order valence-electron chi connectivity index (χ1n) is 10.7. The topological polar surface area (TPSA) is 140 Å². The highest BCUT2D eigenvalue weighted by atomic mass is 19.4. The molecule has 14 heteroatoms. The van der Waals surface area contributed by atoms with E-state index < -0.39 is 37.4 Å². The summed E-state index contributed by atoms with van der Waals surface area (Å²) in [6, 6.07) is 4.98. The van der Waals surface area contributed by atoms with Crippen molar-refractivity contribution >= 4 is 29.3 Å². The Morgan fingerprint density at radius 3 is 2.83 bits per heavy atom. The van der Waals surface area contributed by atoms with Gasteiger partial charge >= 0.3 is 12.2 Å². The number of carbonyl (C=O) groups is 2. The number of anilines is 3. The Morgan fingerprint density at radius 1 is 1.29 bits per heavy atom. The van der Waals surface area contributed by atoms with Crippen molar-refractivity contribution in [2.24, 2.45) is 0 Å². The zero-order chi connectivity index (χ0) is 25.2. The number of hydrogen-bond acceptors (Lipinski definition) is 8. The van der Waals surface area contributed by atoms with Gasteiger partial charge in [0.05, 0.1) is 18.3 Å². The predicted octanol–water partition coefficient (Wildman–Crippen LogP) is 1.13. The molecule has 2 bridgehead atoms. The summed E-state index contributed by atoms with van der Waals surface area (Å²) in [6.07, 6.45) is -3.61. The van der Waals surface area contributed by atoms with Gasteiger partial charge in [-0.3, -0.25) is 15.0 Å². The molecule has 2 atom stereocenters. The summed E-state index contributed by atoms with van der Waals surface area (Å²) in [5.74, 6) is -0.396. The number of fused-ring (bicyclic) bond motifs is 4. The van der Waals surface area contributed by atoms with Gasteiger partial charge in [-0.05, 0) is 24.6 Å². The average molecular weight is 496 g/mol. The third kappa shape index (κ3) is 5.71. The van der Waals surface area contributed by atoms with Crippen molar-refractivity contribution in [1.82, 2.24) is 15.3 Å². The fraction of sp³-hybridized carbons (Fsp3) is 0.429.